The van der Waals surface area contributed by atoms with Crippen molar-refractivity contribution in [2.75, 3.05) is 46.0 Å². The molecule has 0 amide bonds. The van der Waals surface area contributed by atoms with Crippen molar-refractivity contribution >= 4 is 5.96 Å². The van der Waals surface area contributed by atoms with E-state index in [-0.39, 0.29) is 6.10 Å². The molecular formula is C21H33N3O3. The third-order valence-corrected chi connectivity index (χ3v) is 5.05. The highest BCUT2D eigenvalue weighted by molar-refractivity contribution is 5.80. The number of aliphatic hydroxyl groups excluding tert-OH is 1. The molecule has 2 aliphatic rings. The first kappa shape index (κ1) is 20.1. The maximum Gasteiger partial charge on any atom is 0.194 e. The maximum atomic E-state index is 10.2. The van der Waals surface area contributed by atoms with Gasteiger partial charge < -0.3 is 24.8 Å². The molecule has 2 atom stereocenters. The molecule has 2 unspecified atom stereocenters. The minimum absolute atomic E-state index is 0.0376. The lowest BCUT2D eigenvalue weighted by atomic mass is 10.0. The van der Waals surface area contributed by atoms with Crippen LogP contribution in [0.1, 0.15) is 37.0 Å². The quantitative estimate of drug-likeness (QED) is 0.538. The first-order valence-electron chi connectivity index (χ1n) is 10.1. The molecule has 6 heteroatoms. The largest absolute Gasteiger partial charge is 0.389 e. The van der Waals surface area contributed by atoms with E-state index in [1.165, 1.54) is 24.0 Å². The van der Waals surface area contributed by atoms with Crippen LogP contribution in [0.4, 0.5) is 0 Å². The fourth-order valence-corrected chi connectivity index (χ4v) is 3.30. The minimum Gasteiger partial charge on any atom is -0.389 e. The number of hydrogen-bond acceptors (Lipinski definition) is 4. The SMILES string of the molecule is CCNC(=NCC(O)COCC1CC1)N1CCOC(c2ccccc2C)C1. The van der Waals surface area contributed by atoms with Gasteiger partial charge in [0.25, 0.3) is 0 Å². The van der Waals surface area contributed by atoms with Gasteiger partial charge in [0.15, 0.2) is 5.96 Å². The van der Waals surface area contributed by atoms with Crippen LogP contribution in [0.25, 0.3) is 0 Å². The fraction of sp³-hybridized carbons (Fsp3) is 0.667. The first-order chi connectivity index (χ1) is 13.2. The summed E-state index contributed by atoms with van der Waals surface area (Å²) in [6.07, 6.45) is 2.00. The predicted molar refractivity (Wildman–Crippen MR) is 107 cm³/mol. The number of ether oxygens (including phenoxy) is 2. The Labute approximate surface area is 162 Å². The van der Waals surface area contributed by atoms with Gasteiger partial charge in [0, 0.05) is 19.7 Å². The number of nitrogens with one attached hydrogen (secondary N) is 1. The van der Waals surface area contributed by atoms with E-state index in [0.29, 0.717) is 25.7 Å². The lowest BCUT2D eigenvalue weighted by molar-refractivity contribution is -0.00855. The summed E-state index contributed by atoms with van der Waals surface area (Å²) >= 11 is 0. The Morgan fingerprint density at radius 1 is 1.41 bits per heavy atom. The Bertz CT molecular complexity index is 618. The third kappa shape index (κ3) is 6.19. The average Bonchev–Trinajstić information content (AvgIpc) is 3.50. The Hall–Kier alpha value is -1.63. The predicted octanol–water partition coefficient (Wildman–Crippen LogP) is 2.12. The number of benzene rings is 1. The lowest BCUT2D eigenvalue weighted by Gasteiger charge is -2.36. The van der Waals surface area contributed by atoms with Crippen molar-refractivity contribution in [2.24, 2.45) is 10.9 Å². The van der Waals surface area contributed by atoms with E-state index in [2.05, 4.69) is 53.3 Å². The summed E-state index contributed by atoms with van der Waals surface area (Å²) in [4.78, 5) is 6.87. The van der Waals surface area contributed by atoms with Gasteiger partial charge in [-0.05, 0) is 43.7 Å². The number of rotatable bonds is 8. The molecule has 2 N–H and O–H groups in total. The molecule has 3 rings (SSSR count). The van der Waals surface area contributed by atoms with Crippen LogP contribution in [0.5, 0.6) is 0 Å². The smallest absolute Gasteiger partial charge is 0.194 e. The minimum atomic E-state index is -0.564. The number of guanidine groups is 1. The molecule has 0 bridgehead atoms. The molecule has 6 nitrogen and oxygen atoms in total. The highest BCUT2D eigenvalue weighted by Crippen LogP contribution is 2.28. The summed E-state index contributed by atoms with van der Waals surface area (Å²) in [6.45, 7) is 8.65. The van der Waals surface area contributed by atoms with Crippen molar-refractivity contribution in [3.05, 3.63) is 35.4 Å². The first-order valence-corrected chi connectivity index (χ1v) is 10.1. The van der Waals surface area contributed by atoms with Crippen LogP contribution in [-0.2, 0) is 9.47 Å². The van der Waals surface area contributed by atoms with Crippen LogP contribution in [0, 0.1) is 12.8 Å². The van der Waals surface area contributed by atoms with Crippen LogP contribution in [0.15, 0.2) is 29.3 Å². The summed E-state index contributed by atoms with van der Waals surface area (Å²) in [5.74, 6) is 1.55. The molecule has 2 fully saturated rings. The van der Waals surface area contributed by atoms with Gasteiger partial charge in [-0.3, -0.25) is 4.99 Å². The zero-order valence-corrected chi connectivity index (χ0v) is 16.6. The van der Waals surface area contributed by atoms with Crippen LogP contribution >= 0.6 is 0 Å². The van der Waals surface area contributed by atoms with Crippen LogP contribution in [0.3, 0.4) is 0 Å². The van der Waals surface area contributed by atoms with E-state index in [0.717, 1.165) is 32.2 Å². The molecule has 1 aromatic rings. The number of aliphatic hydroxyl groups is 1. The number of nitrogens with zero attached hydrogens (tertiary/aromatic N) is 2. The van der Waals surface area contributed by atoms with Crippen molar-refractivity contribution in [1.29, 1.82) is 0 Å². The molecule has 1 aliphatic carbocycles. The third-order valence-electron chi connectivity index (χ3n) is 5.05. The Balaban J connectivity index is 1.56. The lowest BCUT2D eigenvalue weighted by Crippen LogP contribution is -2.48. The molecule has 1 saturated carbocycles. The summed E-state index contributed by atoms with van der Waals surface area (Å²) in [6, 6.07) is 8.36. The van der Waals surface area contributed by atoms with Gasteiger partial charge in [-0.2, -0.15) is 0 Å². The molecule has 0 radical (unpaired) electrons. The van der Waals surface area contributed by atoms with Crippen molar-refractivity contribution in [3.8, 4) is 0 Å². The normalized spacial score (nSPS) is 22.0. The van der Waals surface area contributed by atoms with E-state index >= 15 is 0 Å². The highest BCUT2D eigenvalue weighted by Gasteiger charge is 2.25. The van der Waals surface area contributed by atoms with Crippen LogP contribution in [0.2, 0.25) is 0 Å². The number of hydrogen-bond donors (Lipinski definition) is 2. The number of aliphatic imine (C=N–C) groups is 1. The Morgan fingerprint density at radius 2 is 2.22 bits per heavy atom. The van der Waals surface area contributed by atoms with Crippen LogP contribution < -0.4 is 5.32 Å². The molecule has 27 heavy (non-hydrogen) atoms. The summed E-state index contributed by atoms with van der Waals surface area (Å²) in [5, 5.41) is 13.5. The Kier molecular flexibility index (Phi) is 7.50. The number of aryl methyl sites for hydroxylation is 1. The highest BCUT2D eigenvalue weighted by atomic mass is 16.5. The zero-order valence-electron chi connectivity index (χ0n) is 16.6. The summed E-state index contributed by atoms with van der Waals surface area (Å²) < 4.78 is 11.6. The van der Waals surface area contributed by atoms with Gasteiger partial charge in [-0.15, -0.1) is 0 Å². The second-order valence-corrected chi connectivity index (χ2v) is 7.49. The standard InChI is InChI=1S/C21H33N3O3/c1-3-22-21(23-12-18(25)15-26-14-17-8-9-17)24-10-11-27-20(13-24)19-7-5-4-6-16(19)2/h4-7,17-18,20,25H,3,8-15H2,1-2H3,(H,22,23). The topological polar surface area (TPSA) is 66.3 Å². The second kappa shape index (κ2) is 10.1. The van der Waals surface area contributed by atoms with Gasteiger partial charge in [0.2, 0.25) is 0 Å². The molecule has 150 valence electrons. The van der Waals surface area contributed by atoms with Gasteiger partial charge in [0.1, 0.15) is 6.10 Å². The van der Waals surface area contributed by atoms with Crippen molar-refractivity contribution in [3.63, 3.8) is 0 Å². The van der Waals surface area contributed by atoms with Gasteiger partial charge >= 0.3 is 0 Å². The summed E-state index contributed by atoms with van der Waals surface area (Å²) in [5.41, 5.74) is 2.47. The van der Waals surface area contributed by atoms with Crippen molar-refractivity contribution in [2.45, 2.75) is 38.9 Å². The monoisotopic (exact) mass is 375 g/mol. The Morgan fingerprint density at radius 3 is 2.96 bits per heavy atom. The van der Waals surface area contributed by atoms with Crippen molar-refractivity contribution in [1.82, 2.24) is 10.2 Å². The van der Waals surface area contributed by atoms with E-state index in [4.69, 9.17) is 9.47 Å². The van der Waals surface area contributed by atoms with Gasteiger partial charge in [-0.25, -0.2) is 0 Å². The fourth-order valence-electron chi connectivity index (χ4n) is 3.30. The molecule has 0 spiro atoms. The molecular weight excluding hydrogens is 342 g/mol. The van der Waals surface area contributed by atoms with E-state index in [1.54, 1.807) is 0 Å². The molecule has 1 saturated heterocycles. The molecule has 1 aromatic carbocycles. The van der Waals surface area contributed by atoms with E-state index in [9.17, 15) is 5.11 Å². The average molecular weight is 376 g/mol. The molecule has 1 aliphatic heterocycles. The second-order valence-electron chi connectivity index (χ2n) is 7.49. The molecule has 0 aromatic heterocycles. The maximum absolute atomic E-state index is 10.2. The van der Waals surface area contributed by atoms with Gasteiger partial charge in [0.05, 0.1) is 32.4 Å². The van der Waals surface area contributed by atoms with E-state index in [1.807, 2.05) is 0 Å². The van der Waals surface area contributed by atoms with Crippen molar-refractivity contribution < 1.29 is 14.6 Å². The number of morpholine rings is 1. The van der Waals surface area contributed by atoms with E-state index < -0.39 is 6.10 Å². The van der Waals surface area contributed by atoms with Gasteiger partial charge in [-0.1, -0.05) is 24.3 Å². The summed E-state index contributed by atoms with van der Waals surface area (Å²) in [7, 11) is 0. The molecule has 1 heterocycles. The zero-order chi connectivity index (χ0) is 19.1. The van der Waals surface area contributed by atoms with Crippen LogP contribution in [-0.4, -0.2) is 68.1 Å².